The van der Waals surface area contributed by atoms with E-state index >= 15 is 0 Å². The fourth-order valence-electron chi connectivity index (χ4n) is 4.18. The van der Waals surface area contributed by atoms with Gasteiger partial charge in [0.05, 0.1) is 19.9 Å². The number of benzene rings is 4. The summed E-state index contributed by atoms with van der Waals surface area (Å²) in [6, 6.07) is 30.9. The number of ether oxygens (including phenoxy) is 3. The predicted molar refractivity (Wildman–Crippen MR) is 153 cm³/mol. The maximum atomic E-state index is 13.1. The quantitative estimate of drug-likeness (QED) is 0.134. The topological polar surface area (TPSA) is 85.9 Å². The zero-order valence-electron chi connectivity index (χ0n) is 22.1. The Balaban J connectivity index is 1.38. The van der Waals surface area contributed by atoms with Crippen LogP contribution in [-0.4, -0.2) is 45.2 Å². The van der Waals surface area contributed by atoms with Gasteiger partial charge < -0.3 is 24.8 Å². The summed E-state index contributed by atoms with van der Waals surface area (Å²) in [5, 5.41) is 6.54. The Bertz CT molecular complexity index is 1370. The maximum Gasteiger partial charge on any atom is 0.328 e. The van der Waals surface area contributed by atoms with Crippen molar-refractivity contribution in [1.29, 1.82) is 0 Å². The lowest BCUT2D eigenvalue weighted by atomic mass is 10.00. The molecule has 0 bridgehead atoms. The number of nitrogens with one attached hydrogen (secondary N) is 2. The Morgan fingerprint density at radius 1 is 0.769 bits per heavy atom. The first-order chi connectivity index (χ1) is 19.1. The third-order valence-corrected chi connectivity index (χ3v) is 6.18. The number of hydrogen-bond donors (Lipinski definition) is 2. The monoisotopic (exact) mass is 524 g/mol. The van der Waals surface area contributed by atoms with E-state index in [0.29, 0.717) is 36.4 Å². The molecule has 2 N–H and O–H groups in total. The number of carbonyl (C=O) groups excluding carboxylic acids is 2. The molecule has 7 heteroatoms. The molecule has 0 unspecified atom stereocenters. The van der Waals surface area contributed by atoms with Gasteiger partial charge in [0.25, 0.3) is 0 Å². The lowest BCUT2D eigenvalue weighted by Gasteiger charge is -2.20. The molecule has 0 aliphatic carbocycles. The summed E-state index contributed by atoms with van der Waals surface area (Å²) in [5.41, 5.74) is 3.47. The number of esters is 1. The second kappa shape index (κ2) is 13.7. The average Bonchev–Trinajstić information content (AvgIpc) is 3.00. The summed E-state index contributed by atoms with van der Waals surface area (Å²) in [6.45, 7) is 1.08. The SMILES string of the molecule is COC(=O)[C@H](Cc1ccc(OCCNc2ccccc2OC)cc1)Nc1ccccc1C(=O)c1ccccc1. The van der Waals surface area contributed by atoms with Crippen LogP contribution in [0, 0.1) is 0 Å². The maximum absolute atomic E-state index is 13.1. The average molecular weight is 525 g/mol. The highest BCUT2D eigenvalue weighted by atomic mass is 16.5. The zero-order chi connectivity index (χ0) is 27.5. The van der Waals surface area contributed by atoms with E-state index < -0.39 is 12.0 Å². The molecule has 0 saturated carbocycles. The van der Waals surface area contributed by atoms with Gasteiger partial charge in [-0.3, -0.25) is 4.79 Å². The lowest BCUT2D eigenvalue weighted by Crippen LogP contribution is -2.33. The van der Waals surface area contributed by atoms with E-state index in [1.54, 1.807) is 37.4 Å². The first kappa shape index (κ1) is 27.3. The van der Waals surface area contributed by atoms with Gasteiger partial charge in [-0.25, -0.2) is 4.79 Å². The van der Waals surface area contributed by atoms with E-state index in [2.05, 4.69) is 10.6 Å². The van der Waals surface area contributed by atoms with E-state index in [-0.39, 0.29) is 5.78 Å². The van der Waals surface area contributed by atoms with Crippen LogP contribution in [0.2, 0.25) is 0 Å². The third-order valence-electron chi connectivity index (χ3n) is 6.18. The summed E-state index contributed by atoms with van der Waals surface area (Å²) in [4.78, 5) is 25.8. The molecule has 39 heavy (non-hydrogen) atoms. The van der Waals surface area contributed by atoms with Gasteiger partial charge in [0, 0.05) is 29.8 Å². The van der Waals surface area contributed by atoms with Crippen LogP contribution in [0.1, 0.15) is 21.5 Å². The molecule has 0 radical (unpaired) electrons. The minimum atomic E-state index is -0.684. The van der Waals surface area contributed by atoms with Crippen LogP contribution < -0.4 is 20.1 Å². The molecule has 4 aromatic carbocycles. The molecular formula is C32H32N2O5. The molecule has 0 fully saturated rings. The van der Waals surface area contributed by atoms with Crippen LogP contribution in [0.4, 0.5) is 11.4 Å². The molecule has 200 valence electrons. The predicted octanol–water partition coefficient (Wildman–Crippen LogP) is 5.61. The summed E-state index contributed by atoms with van der Waals surface area (Å²) in [5.74, 6) is 0.966. The fraction of sp³-hybridized carbons (Fsp3) is 0.188. The van der Waals surface area contributed by atoms with E-state index in [0.717, 1.165) is 22.7 Å². The number of ketones is 1. The number of anilines is 2. The summed E-state index contributed by atoms with van der Waals surface area (Å²) < 4.78 is 16.3. The first-order valence-corrected chi connectivity index (χ1v) is 12.7. The van der Waals surface area contributed by atoms with Gasteiger partial charge >= 0.3 is 5.97 Å². The number of carbonyl (C=O) groups is 2. The lowest BCUT2D eigenvalue weighted by molar-refractivity contribution is -0.141. The molecule has 7 nitrogen and oxygen atoms in total. The Morgan fingerprint density at radius 3 is 2.15 bits per heavy atom. The van der Waals surface area contributed by atoms with Gasteiger partial charge in [-0.05, 0) is 42.0 Å². The second-order valence-electron chi connectivity index (χ2n) is 8.78. The van der Waals surface area contributed by atoms with E-state index in [1.165, 1.54) is 7.11 Å². The molecule has 0 saturated heterocycles. The molecule has 0 aromatic heterocycles. The normalized spacial score (nSPS) is 11.2. The van der Waals surface area contributed by atoms with Crippen molar-refractivity contribution in [3.8, 4) is 11.5 Å². The van der Waals surface area contributed by atoms with Crippen LogP contribution >= 0.6 is 0 Å². The van der Waals surface area contributed by atoms with Gasteiger partial charge in [-0.15, -0.1) is 0 Å². The molecular weight excluding hydrogens is 492 g/mol. The smallest absolute Gasteiger partial charge is 0.328 e. The highest BCUT2D eigenvalue weighted by molar-refractivity contribution is 6.12. The zero-order valence-corrected chi connectivity index (χ0v) is 22.1. The fourth-order valence-corrected chi connectivity index (χ4v) is 4.18. The highest BCUT2D eigenvalue weighted by Crippen LogP contribution is 2.24. The van der Waals surface area contributed by atoms with E-state index in [9.17, 15) is 9.59 Å². The molecule has 4 rings (SSSR count). The Hall–Kier alpha value is -4.78. The van der Waals surface area contributed by atoms with Crippen LogP contribution in [0.15, 0.2) is 103 Å². The summed E-state index contributed by atoms with van der Waals surface area (Å²) in [6.07, 6.45) is 0.371. The van der Waals surface area contributed by atoms with Crippen LogP contribution in [-0.2, 0) is 16.0 Å². The molecule has 0 amide bonds. The van der Waals surface area contributed by atoms with Crippen molar-refractivity contribution in [1.82, 2.24) is 0 Å². The standard InChI is InChI=1S/C32H32N2O5/c1-37-30-15-9-8-14-28(30)33-20-21-39-25-18-16-23(17-19-25)22-29(32(36)38-2)34-27-13-7-6-12-26(27)31(35)24-10-4-3-5-11-24/h3-19,29,33-34H,20-22H2,1-2H3/t29-/m0/s1. The largest absolute Gasteiger partial charge is 0.495 e. The Kier molecular flexibility index (Phi) is 9.56. The highest BCUT2D eigenvalue weighted by Gasteiger charge is 2.22. The molecule has 0 heterocycles. The molecule has 0 aliphatic heterocycles. The van der Waals surface area contributed by atoms with Crippen molar-refractivity contribution in [3.05, 3.63) is 120 Å². The molecule has 0 spiro atoms. The first-order valence-electron chi connectivity index (χ1n) is 12.7. The van der Waals surface area contributed by atoms with Crippen LogP contribution in [0.5, 0.6) is 11.5 Å². The van der Waals surface area contributed by atoms with Crippen molar-refractivity contribution in [3.63, 3.8) is 0 Å². The van der Waals surface area contributed by atoms with Gasteiger partial charge in [0.1, 0.15) is 24.1 Å². The minimum absolute atomic E-state index is 0.121. The number of para-hydroxylation sites is 3. The van der Waals surface area contributed by atoms with Gasteiger partial charge in [-0.1, -0.05) is 66.7 Å². The number of methoxy groups -OCH3 is 2. The number of rotatable bonds is 13. The minimum Gasteiger partial charge on any atom is -0.495 e. The van der Waals surface area contributed by atoms with Gasteiger partial charge in [0.2, 0.25) is 0 Å². The summed E-state index contributed by atoms with van der Waals surface area (Å²) in [7, 11) is 3.00. The van der Waals surface area contributed by atoms with Crippen molar-refractivity contribution in [2.24, 2.45) is 0 Å². The van der Waals surface area contributed by atoms with Crippen molar-refractivity contribution >= 4 is 23.1 Å². The summed E-state index contributed by atoms with van der Waals surface area (Å²) >= 11 is 0. The second-order valence-corrected chi connectivity index (χ2v) is 8.78. The van der Waals surface area contributed by atoms with Crippen molar-refractivity contribution < 1.29 is 23.8 Å². The van der Waals surface area contributed by atoms with E-state index in [4.69, 9.17) is 14.2 Å². The van der Waals surface area contributed by atoms with Gasteiger partial charge in [0.15, 0.2) is 5.78 Å². The third kappa shape index (κ3) is 7.38. The van der Waals surface area contributed by atoms with Crippen LogP contribution in [0.3, 0.4) is 0 Å². The van der Waals surface area contributed by atoms with Crippen molar-refractivity contribution in [2.75, 3.05) is 38.0 Å². The Morgan fingerprint density at radius 2 is 1.44 bits per heavy atom. The van der Waals surface area contributed by atoms with Crippen LogP contribution in [0.25, 0.3) is 0 Å². The number of hydrogen-bond acceptors (Lipinski definition) is 7. The molecule has 1 atom stereocenters. The Labute approximate surface area is 228 Å². The van der Waals surface area contributed by atoms with Gasteiger partial charge in [-0.2, -0.15) is 0 Å². The van der Waals surface area contributed by atoms with E-state index in [1.807, 2.05) is 72.8 Å². The molecule has 0 aliphatic rings. The molecule has 4 aromatic rings. The van der Waals surface area contributed by atoms with Crippen molar-refractivity contribution in [2.45, 2.75) is 12.5 Å².